The van der Waals surface area contributed by atoms with Gasteiger partial charge in [-0.25, -0.2) is 9.78 Å². The number of nitrogens with two attached hydrogens (primary N) is 1. The third-order valence-electron chi connectivity index (χ3n) is 4.38. The Morgan fingerprint density at radius 2 is 2.31 bits per heavy atom. The van der Waals surface area contributed by atoms with Crippen LogP contribution in [0.4, 0.5) is 0 Å². The van der Waals surface area contributed by atoms with Gasteiger partial charge in [-0.1, -0.05) is 0 Å². The van der Waals surface area contributed by atoms with E-state index in [-0.39, 0.29) is 5.91 Å². The normalized spacial score (nSPS) is 19.2. The lowest BCUT2D eigenvalue weighted by Crippen LogP contribution is -2.54. The van der Waals surface area contributed by atoms with Crippen molar-refractivity contribution in [2.24, 2.45) is 5.73 Å². The molecule has 1 aromatic rings. The number of hydrogen-bond acceptors (Lipinski definition) is 6. The SMILES string of the molecule is CSCCC(NC(=O)C1CCCN1C(=O)C(N)Cc1cnc[nH]1)C(=O)O. The van der Waals surface area contributed by atoms with Crippen LogP contribution in [0.2, 0.25) is 0 Å². The van der Waals surface area contributed by atoms with Crippen molar-refractivity contribution >= 4 is 29.5 Å². The zero-order valence-electron chi connectivity index (χ0n) is 14.7. The number of imidazole rings is 1. The lowest BCUT2D eigenvalue weighted by Gasteiger charge is -2.27. The predicted molar refractivity (Wildman–Crippen MR) is 97.6 cm³/mol. The number of aromatic amines is 1. The fourth-order valence-electron chi connectivity index (χ4n) is 3.00. The Kier molecular flexibility index (Phi) is 7.46. The Balaban J connectivity index is 1.97. The first-order chi connectivity index (χ1) is 12.4. The molecule has 2 heterocycles. The van der Waals surface area contributed by atoms with Gasteiger partial charge in [0.05, 0.1) is 12.4 Å². The molecule has 0 bridgehead atoms. The number of carboxylic acids is 1. The molecule has 2 amide bonds. The zero-order chi connectivity index (χ0) is 19.1. The highest BCUT2D eigenvalue weighted by Gasteiger charge is 2.37. The van der Waals surface area contributed by atoms with Crippen molar-refractivity contribution in [2.75, 3.05) is 18.6 Å². The molecule has 10 heteroatoms. The van der Waals surface area contributed by atoms with Crippen molar-refractivity contribution in [2.45, 2.75) is 43.8 Å². The summed E-state index contributed by atoms with van der Waals surface area (Å²) in [5.74, 6) is -1.19. The highest BCUT2D eigenvalue weighted by Crippen LogP contribution is 2.19. The van der Waals surface area contributed by atoms with Crippen LogP contribution in [0.3, 0.4) is 0 Å². The number of carbonyl (C=O) groups excluding carboxylic acids is 2. The minimum absolute atomic E-state index is 0.301. The topological polar surface area (TPSA) is 141 Å². The van der Waals surface area contributed by atoms with Crippen LogP contribution in [0.25, 0.3) is 0 Å². The molecule has 1 aliphatic heterocycles. The summed E-state index contributed by atoms with van der Waals surface area (Å²) in [5.41, 5.74) is 6.74. The Morgan fingerprint density at radius 1 is 1.54 bits per heavy atom. The van der Waals surface area contributed by atoms with E-state index in [1.807, 2.05) is 6.26 Å². The van der Waals surface area contributed by atoms with Gasteiger partial charge in [0.2, 0.25) is 11.8 Å². The highest BCUT2D eigenvalue weighted by atomic mass is 32.2. The predicted octanol–water partition coefficient (Wildman–Crippen LogP) is -0.407. The maximum Gasteiger partial charge on any atom is 0.326 e. The van der Waals surface area contributed by atoms with E-state index >= 15 is 0 Å². The molecule has 0 saturated carbocycles. The van der Waals surface area contributed by atoms with Gasteiger partial charge in [0.1, 0.15) is 12.1 Å². The maximum atomic E-state index is 12.6. The van der Waals surface area contributed by atoms with Crippen LogP contribution in [-0.4, -0.2) is 74.4 Å². The monoisotopic (exact) mass is 383 g/mol. The van der Waals surface area contributed by atoms with Gasteiger partial charge in [-0.2, -0.15) is 11.8 Å². The van der Waals surface area contributed by atoms with Crippen LogP contribution < -0.4 is 11.1 Å². The third-order valence-corrected chi connectivity index (χ3v) is 5.02. The number of H-pyrrole nitrogens is 1. The smallest absolute Gasteiger partial charge is 0.326 e. The number of likely N-dealkylation sites (tertiary alicyclic amines) is 1. The largest absolute Gasteiger partial charge is 0.480 e. The Labute approximate surface area is 156 Å². The van der Waals surface area contributed by atoms with E-state index in [0.717, 1.165) is 5.69 Å². The lowest BCUT2D eigenvalue weighted by molar-refractivity contribution is -0.144. The number of amides is 2. The van der Waals surface area contributed by atoms with Crippen molar-refractivity contribution in [3.05, 3.63) is 18.2 Å². The first-order valence-corrected chi connectivity index (χ1v) is 9.88. The molecule has 1 aliphatic rings. The first-order valence-electron chi connectivity index (χ1n) is 8.49. The molecule has 3 unspecified atom stereocenters. The van der Waals surface area contributed by atoms with Gasteiger partial charge in [0, 0.05) is 24.9 Å². The number of rotatable bonds is 9. The summed E-state index contributed by atoms with van der Waals surface area (Å²) in [5, 5.41) is 11.8. The van der Waals surface area contributed by atoms with Gasteiger partial charge in [-0.05, 0) is 31.3 Å². The minimum atomic E-state index is -1.07. The molecule has 1 aromatic heterocycles. The number of nitrogens with zero attached hydrogens (tertiary/aromatic N) is 2. The fraction of sp³-hybridized carbons (Fsp3) is 0.625. The summed E-state index contributed by atoms with van der Waals surface area (Å²) >= 11 is 1.51. The summed E-state index contributed by atoms with van der Waals surface area (Å²) < 4.78 is 0. The lowest BCUT2D eigenvalue weighted by atomic mass is 10.1. The second-order valence-electron chi connectivity index (χ2n) is 6.26. The maximum absolute atomic E-state index is 12.6. The fourth-order valence-corrected chi connectivity index (χ4v) is 3.47. The molecular formula is C16H25N5O4S. The Hall–Kier alpha value is -2.07. The number of aliphatic carboxylic acids is 1. The summed E-state index contributed by atoms with van der Waals surface area (Å²) in [7, 11) is 0. The molecule has 0 radical (unpaired) electrons. The molecule has 144 valence electrons. The number of thioether (sulfide) groups is 1. The molecule has 3 atom stereocenters. The molecule has 0 aromatic carbocycles. The van der Waals surface area contributed by atoms with Crippen LogP contribution in [0.15, 0.2) is 12.5 Å². The summed E-state index contributed by atoms with van der Waals surface area (Å²) in [4.78, 5) is 44.8. The van der Waals surface area contributed by atoms with Crippen molar-refractivity contribution < 1.29 is 19.5 Å². The van der Waals surface area contributed by atoms with Gasteiger partial charge in [0.15, 0.2) is 0 Å². The summed E-state index contributed by atoms with van der Waals surface area (Å²) in [6.07, 6.45) is 6.81. The van der Waals surface area contributed by atoms with Crippen molar-refractivity contribution in [1.29, 1.82) is 0 Å². The number of aromatic nitrogens is 2. The van der Waals surface area contributed by atoms with E-state index in [9.17, 15) is 19.5 Å². The van der Waals surface area contributed by atoms with Crippen LogP contribution in [0, 0.1) is 0 Å². The number of hydrogen-bond donors (Lipinski definition) is 4. The standard InChI is InChI=1S/C16H25N5O4S/c1-26-6-4-12(16(24)25)20-14(22)13-3-2-5-21(13)15(23)11(17)7-10-8-18-9-19-10/h8-9,11-13H,2-7,17H2,1H3,(H,18,19)(H,20,22)(H,24,25). The molecule has 1 saturated heterocycles. The van der Waals surface area contributed by atoms with Crippen molar-refractivity contribution in [1.82, 2.24) is 20.2 Å². The van der Waals surface area contributed by atoms with E-state index in [1.54, 1.807) is 6.20 Å². The first kappa shape index (κ1) is 20.2. The average molecular weight is 383 g/mol. The number of nitrogens with one attached hydrogen (secondary N) is 2. The van der Waals surface area contributed by atoms with E-state index in [0.29, 0.717) is 38.0 Å². The molecule has 0 spiro atoms. The third kappa shape index (κ3) is 5.21. The highest BCUT2D eigenvalue weighted by molar-refractivity contribution is 7.98. The van der Waals surface area contributed by atoms with Gasteiger partial charge in [0.25, 0.3) is 0 Å². The zero-order valence-corrected chi connectivity index (χ0v) is 15.5. The van der Waals surface area contributed by atoms with Crippen LogP contribution in [-0.2, 0) is 20.8 Å². The minimum Gasteiger partial charge on any atom is -0.480 e. The molecule has 2 rings (SSSR count). The van der Waals surface area contributed by atoms with E-state index in [2.05, 4.69) is 15.3 Å². The van der Waals surface area contributed by atoms with Gasteiger partial charge >= 0.3 is 5.97 Å². The van der Waals surface area contributed by atoms with E-state index in [1.165, 1.54) is 23.0 Å². The molecule has 0 aliphatic carbocycles. The van der Waals surface area contributed by atoms with E-state index in [4.69, 9.17) is 5.73 Å². The van der Waals surface area contributed by atoms with E-state index < -0.39 is 30.0 Å². The molecular weight excluding hydrogens is 358 g/mol. The number of carboxylic acid groups (broad SMARTS) is 1. The molecule has 9 nitrogen and oxygen atoms in total. The van der Waals surface area contributed by atoms with Gasteiger partial charge < -0.3 is 26.0 Å². The average Bonchev–Trinajstić information content (AvgIpc) is 3.28. The second-order valence-corrected chi connectivity index (χ2v) is 7.24. The van der Waals surface area contributed by atoms with Gasteiger partial charge in [-0.3, -0.25) is 9.59 Å². The van der Waals surface area contributed by atoms with Crippen molar-refractivity contribution in [3.63, 3.8) is 0 Å². The van der Waals surface area contributed by atoms with Crippen molar-refractivity contribution in [3.8, 4) is 0 Å². The number of carbonyl (C=O) groups is 3. The Bertz CT molecular complexity index is 624. The molecule has 1 fully saturated rings. The quantitative estimate of drug-likeness (QED) is 0.454. The molecule has 5 N–H and O–H groups in total. The van der Waals surface area contributed by atoms with Crippen LogP contribution in [0.5, 0.6) is 0 Å². The van der Waals surface area contributed by atoms with Gasteiger partial charge in [-0.15, -0.1) is 0 Å². The Morgan fingerprint density at radius 3 is 2.92 bits per heavy atom. The van der Waals surface area contributed by atoms with Crippen LogP contribution >= 0.6 is 11.8 Å². The molecule has 26 heavy (non-hydrogen) atoms. The van der Waals surface area contributed by atoms with Crippen LogP contribution in [0.1, 0.15) is 25.0 Å². The second kappa shape index (κ2) is 9.58. The summed E-state index contributed by atoms with van der Waals surface area (Å²) in [6.45, 7) is 0.441. The summed E-state index contributed by atoms with van der Waals surface area (Å²) in [6, 6.07) is -2.41.